The minimum absolute atomic E-state index is 0.0129. The third kappa shape index (κ3) is 5.34. The molecule has 10 heteroatoms. The molecule has 0 saturated heterocycles. The zero-order chi connectivity index (χ0) is 27.1. The van der Waals surface area contributed by atoms with Gasteiger partial charge in [-0.3, -0.25) is 9.59 Å². The first kappa shape index (κ1) is 26.4. The minimum Gasteiger partial charge on any atom is -0.454 e. The van der Waals surface area contributed by atoms with E-state index in [1.54, 1.807) is 6.08 Å². The van der Waals surface area contributed by atoms with Crippen LogP contribution in [0.15, 0.2) is 36.5 Å². The molecule has 0 radical (unpaired) electrons. The van der Waals surface area contributed by atoms with Crippen LogP contribution in [0.25, 0.3) is 5.76 Å². The van der Waals surface area contributed by atoms with Crippen molar-refractivity contribution in [3.05, 3.63) is 53.1 Å². The van der Waals surface area contributed by atoms with Crippen LogP contribution >= 0.6 is 11.6 Å². The molecule has 2 aromatic rings. The molecule has 3 fully saturated rings. The van der Waals surface area contributed by atoms with Crippen LogP contribution in [-0.4, -0.2) is 28.5 Å². The fraction of sp³-hybridized carbons (Fsp3) is 0.464. The van der Waals surface area contributed by atoms with E-state index >= 15 is 4.39 Å². The number of halogens is 3. The number of unbranched alkanes of at least 4 members (excludes halogenated alkanes) is 1. The van der Waals surface area contributed by atoms with Crippen molar-refractivity contribution in [1.29, 1.82) is 0 Å². The second kappa shape index (κ2) is 10.2. The van der Waals surface area contributed by atoms with Crippen molar-refractivity contribution in [2.24, 2.45) is 11.3 Å². The van der Waals surface area contributed by atoms with E-state index in [0.717, 1.165) is 12.5 Å². The molecule has 3 atom stereocenters. The summed E-state index contributed by atoms with van der Waals surface area (Å²) >= 11 is 5.90. The van der Waals surface area contributed by atoms with Gasteiger partial charge in [-0.15, -0.1) is 0 Å². The summed E-state index contributed by atoms with van der Waals surface area (Å²) in [5.41, 5.74) is 4.90. The van der Waals surface area contributed by atoms with E-state index in [1.165, 1.54) is 24.4 Å². The van der Waals surface area contributed by atoms with Crippen molar-refractivity contribution < 1.29 is 23.1 Å². The van der Waals surface area contributed by atoms with E-state index in [2.05, 4.69) is 15.6 Å². The lowest BCUT2D eigenvalue weighted by atomic mass is 9.93. The van der Waals surface area contributed by atoms with Gasteiger partial charge in [0.1, 0.15) is 22.0 Å². The van der Waals surface area contributed by atoms with Crippen LogP contribution < -0.4 is 21.1 Å². The SMILES string of the molecule is CCC/C=C(/Oc1ccc(NC(=O)C2(C(=O)NC3CCC4(F)C[C@H]4C3)CC2)cc1F)c1cnc(Cl)cc1N. The van der Waals surface area contributed by atoms with Crippen LogP contribution in [-0.2, 0) is 9.59 Å². The van der Waals surface area contributed by atoms with Gasteiger partial charge >= 0.3 is 0 Å². The molecule has 0 bridgehead atoms. The quantitative estimate of drug-likeness (QED) is 0.210. The Balaban J connectivity index is 1.24. The number of pyridine rings is 1. The van der Waals surface area contributed by atoms with Crippen molar-refractivity contribution in [2.45, 2.75) is 70.0 Å². The third-order valence-corrected chi connectivity index (χ3v) is 7.99. The predicted octanol–water partition coefficient (Wildman–Crippen LogP) is 5.79. The molecule has 5 rings (SSSR count). The van der Waals surface area contributed by atoms with Gasteiger partial charge in [0.05, 0.1) is 5.56 Å². The molecule has 1 aromatic heterocycles. The van der Waals surface area contributed by atoms with Gasteiger partial charge in [-0.05, 0) is 75.1 Å². The summed E-state index contributed by atoms with van der Waals surface area (Å²) in [6.07, 6.45) is 7.82. The molecule has 0 spiro atoms. The van der Waals surface area contributed by atoms with Crippen LogP contribution in [0.3, 0.4) is 0 Å². The largest absolute Gasteiger partial charge is 0.454 e. The number of rotatable bonds is 9. The van der Waals surface area contributed by atoms with Crippen molar-refractivity contribution >= 4 is 40.5 Å². The van der Waals surface area contributed by atoms with Crippen molar-refractivity contribution in [2.75, 3.05) is 11.1 Å². The number of nitrogens with one attached hydrogen (secondary N) is 2. The zero-order valence-electron chi connectivity index (χ0n) is 21.2. The molecule has 3 aliphatic rings. The third-order valence-electron chi connectivity index (χ3n) is 7.79. The first-order chi connectivity index (χ1) is 18.1. The van der Waals surface area contributed by atoms with Gasteiger partial charge in [0.2, 0.25) is 11.8 Å². The monoisotopic (exact) mass is 544 g/mol. The Hall–Kier alpha value is -3.20. The Morgan fingerprint density at radius 1 is 1.26 bits per heavy atom. The van der Waals surface area contributed by atoms with E-state index in [9.17, 15) is 14.0 Å². The molecule has 1 aromatic carbocycles. The second-order valence-corrected chi connectivity index (χ2v) is 11.0. The molecule has 4 N–H and O–H groups in total. The molecule has 7 nitrogen and oxygen atoms in total. The van der Waals surface area contributed by atoms with Gasteiger partial charge in [-0.2, -0.15) is 0 Å². The topological polar surface area (TPSA) is 106 Å². The molecule has 2 amide bonds. The van der Waals surface area contributed by atoms with Crippen LogP contribution in [0.1, 0.15) is 63.9 Å². The van der Waals surface area contributed by atoms with Crippen LogP contribution in [0, 0.1) is 17.2 Å². The molecule has 0 aliphatic heterocycles. The Morgan fingerprint density at radius 2 is 2.05 bits per heavy atom. The number of carbonyl (C=O) groups is 2. The molecule has 1 heterocycles. The van der Waals surface area contributed by atoms with Gasteiger partial charge in [-0.1, -0.05) is 24.9 Å². The van der Waals surface area contributed by atoms with Gasteiger partial charge in [0.15, 0.2) is 11.6 Å². The summed E-state index contributed by atoms with van der Waals surface area (Å²) in [7, 11) is 0. The summed E-state index contributed by atoms with van der Waals surface area (Å²) in [6.45, 7) is 2.00. The maximum absolute atomic E-state index is 15.0. The number of benzene rings is 1. The predicted molar refractivity (Wildman–Crippen MR) is 142 cm³/mol. The number of nitrogens with two attached hydrogens (primary N) is 1. The van der Waals surface area contributed by atoms with Crippen LogP contribution in [0.5, 0.6) is 5.75 Å². The standard InChI is InChI=1S/C28H31ClF2N4O3/c1-2-3-4-22(19-15-33-24(29)13-21(19)32)38-23-6-5-17(12-20(23)30)34-25(36)27(9-10-27)26(37)35-18-7-8-28(31)14-16(28)11-18/h4-6,12-13,15-16,18H,2-3,7-11,14H2,1H3,(H2,32,33)(H,34,36)(H,35,37)/b22-4+/t16-,18?,28?/m1/s1. The first-order valence-corrected chi connectivity index (χ1v) is 13.4. The first-order valence-electron chi connectivity index (χ1n) is 13.0. The fourth-order valence-electron chi connectivity index (χ4n) is 5.13. The summed E-state index contributed by atoms with van der Waals surface area (Å²) < 4.78 is 35.0. The summed E-state index contributed by atoms with van der Waals surface area (Å²) in [4.78, 5) is 30.0. The summed E-state index contributed by atoms with van der Waals surface area (Å²) in [5.74, 6) is -1.21. The number of hydrogen-bond acceptors (Lipinski definition) is 5. The minimum atomic E-state index is -1.17. The van der Waals surface area contributed by atoms with E-state index in [4.69, 9.17) is 22.1 Å². The number of anilines is 2. The highest BCUT2D eigenvalue weighted by atomic mass is 35.5. The van der Waals surface area contributed by atoms with E-state index < -0.39 is 22.8 Å². The van der Waals surface area contributed by atoms with E-state index in [0.29, 0.717) is 62.0 Å². The highest BCUT2D eigenvalue weighted by Crippen LogP contribution is 2.57. The lowest BCUT2D eigenvalue weighted by molar-refractivity contribution is -0.135. The summed E-state index contributed by atoms with van der Waals surface area (Å²) in [6, 6.07) is 5.45. The van der Waals surface area contributed by atoms with Gasteiger partial charge in [0, 0.05) is 29.7 Å². The average Bonchev–Trinajstić information content (AvgIpc) is 3.78. The van der Waals surface area contributed by atoms with Gasteiger partial charge in [-0.25, -0.2) is 13.8 Å². The Morgan fingerprint density at radius 3 is 2.71 bits per heavy atom. The van der Waals surface area contributed by atoms with Crippen LogP contribution in [0.4, 0.5) is 20.2 Å². The fourth-order valence-corrected chi connectivity index (χ4v) is 5.29. The molecule has 38 heavy (non-hydrogen) atoms. The lowest BCUT2D eigenvalue weighted by Gasteiger charge is -2.26. The van der Waals surface area contributed by atoms with Crippen molar-refractivity contribution in [3.8, 4) is 5.75 Å². The van der Waals surface area contributed by atoms with Gasteiger partial charge in [0.25, 0.3) is 0 Å². The number of aromatic nitrogens is 1. The molecule has 202 valence electrons. The normalized spacial score (nSPS) is 25.2. The Bertz CT molecular complexity index is 1300. The number of hydrogen-bond donors (Lipinski definition) is 3. The van der Waals surface area contributed by atoms with Crippen molar-refractivity contribution in [1.82, 2.24) is 10.3 Å². The van der Waals surface area contributed by atoms with E-state index in [-0.39, 0.29) is 34.5 Å². The average molecular weight is 545 g/mol. The summed E-state index contributed by atoms with van der Waals surface area (Å²) in [5, 5.41) is 5.86. The smallest absolute Gasteiger partial charge is 0.240 e. The highest BCUT2D eigenvalue weighted by Gasteiger charge is 2.60. The molecule has 3 saturated carbocycles. The number of nitrogens with zero attached hydrogens (tertiary/aromatic N) is 1. The number of carbonyl (C=O) groups excluding carboxylic acids is 2. The Labute approximate surface area is 225 Å². The van der Waals surface area contributed by atoms with E-state index in [1.807, 2.05) is 6.92 Å². The number of fused-ring (bicyclic) bond motifs is 1. The molecule has 3 aliphatic carbocycles. The number of nitrogen functional groups attached to an aromatic ring is 1. The van der Waals surface area contributed by atoms with Crippen LogP contribution in [0.2, 0.25) is 5.15 Å². The zero-order valence-corrected chi connectivity index (χ0v) is 21.9. The molecular weight excluding hydrogens is 514 g/mol. The van der Waals surface area contributed by atoms with Gasteiger partial charge < -0.3 is 21.1 Å². The maximum Gasteiger partial charge on any atom is 0.240 e. The highest BCUT2D eigenvalue weighted by molar-refractivity contribution is 6.29. The second-order valence-electron chi connectivity index (χ2n) is 10.6. The number of amides is 2. The molecular formula is C28H31ClF2N4O3. The lowest BCUT2D eigenvalue weighted by Crippen LogP contribution is -2.46. The number of allylic oxidation sites excluding steroid dienone is 1. The van der Waals surface area contributed by atoms with Crippen molar-refractivity contribution in [3.63, 3.8) is 0 Å². The number of ether oxygens (including phenoxy) is 1. The molecule has 2 unspecified atom stereocenters. The maximum atomic E-state index is 15.0. The Kier molecular flexibility index (Phi) is 7.07. The number of alkyl halides is 1.